The van der Waals surface area contributed by atoms with Crippen LogP contribution in [0, 0.1) is 5.41 Å². The quantitative estimate of drug-likeness (QED) is 0.737. The van der Waals surface area contributed by atoms with Crippen molar-refractivity contribution in [3.8, 4) is 0 Å². The fourth-order valence-electron chi connectivity index (χ4n) is 1.39. The van der Waals surface area contributed by atoms with Gasteiger partial charge in [-0.15, -0.1) is 0 Å². The molecule has 0 fully saturated rings. The second kappa shape index (κ2) is 6.97. The Morgan fingerprint density at radius 3 is 2.35 bits per heavy atom. The first-order valence-electron chi connectivity index (χ1n) is 6.43. The summed E-state index contributed by atoms with van der Waals surface area (Å²) in [6, 6.07) is 0.0968. The highest BCUT2D eigenvalue weighted by atomic mass is 16.2. The summed E-state index contributed by atoms with van der Waals surface area (Å²) >= 11 is 0. The van der Waals surface area contributed by atoms with E-state index < -0.39 is 6.04 Å². The number of rotatable bonds is 6. The summed E-state index contributed by atoms with van der Waals surface area (Å²) in [5.74, 6) is -0.0601. The van der Waals surface area contributed by atoms with Crippen LogP contribution >= 0.6 is 0 Å². The molecule has 0 aliphatic heterocycles. The van der Waals surface area contributed by atoms with Crippen LogP contribution in [0.15, 0.2) is 0 Å². The average Bonchev–Trinajstić information content (AvgIpc) is 2.25. The van der Waals surface area contributed by atoms with Crippen LogP contribution in [0.25, 0.3) is 0 Å². The van der Waals surface area contributed by atoms with Gasteiger partial charge < -0.3 is 16.0 Å². The number of nitrogens with one attached hydrogen (secondary N) is 1. The van der Waals surface area contributed by atoms with Crippen LogP contribution < -0.4 is 11.1 Å². The maximum atomic E-state index is 11.8. The fourth-order valence-corrected chi connectivity index (χ4v) is 1.39. The lowest BCUT2D eigenvalue weighted by molar-refractivity contribution is -0.124. The van der Waals surface area contributed by atoms with Crippen LogP contribution in [0.1, 0.15) is 41.0 Å². The molecule has 0 spiro atoms. The minimum absolute atomic E-state index is 0.0601. The summed E-state index contributed by atoms with van der Waals surface area (Å²) in [5.41, 5.74) is 5.68. The zero-order valence-electron chi connectivity index (χ0n) is 12.2. The zero-order valence-corrected chi connectivity index (χ0v) is 12.2. The summed E-state index contributed by atoms with van der Waals surface area (Å²) in [5, 5.41) is 2.89. The molecule has 0 radical (unpaired) electrons. The second-order valence-corrected chi connectivity index (χ2v) is 5.87. The molecule has 3 N–H and O–H groups in total. The van der Waals surface area contributed by atoms with Gasteiger partial charge in [-0.2, -0.15) is 0 Å². The van der Waals surface area contributed by atoms with E-state index in [2.05, 4.69) is 31.1 Å². The molecule has 1 amide bonds. The van der Waals surface area contributed by atoms with E-state index in [0.717, 1.165) is 13.0 Å². The number of hydrogen-bond donors (Lipinski definition) is 2. The van der Waals surface area contributed by atoms with Gasteiger partial charge in [0.15, 0.2) is 0 Å². The van der Waals surface area contributed by atoms with E-state index >= 15 is 0 Å². The van der Waals surface area contributed by atoms with Gasteiger partial charge in [0.1, 0.15) is 0 Å². The third-order valence-corrected chi connectivity index (χ3v) is 3.32. The van der Waals surface area contributed by atoms with Crippen molar-refractivity contribution in [1.82, 2.24) is 10.2 Å². The molecule has 1 unspecified atom stereocenters. The minimum atomic E-state index is -0.448. The molecule has 0 rings (SSSR count). The summed E-state index contributed by atoms with van der Waals surface area (Å²) in [7, 11) is 2.07. The molecule has 2 atom stereocenters. The maximum Gasteiger partial charge on any atom is 0.237 e. The van der Waals surface area contributed by atoms with E-state index in [1.54, 1.807) is 0 Å². The minimum Gasteiger partial charge on any atom is -0.353 e. The molecule has 0 saturated heterocycles. The third kappa shape index (κ3) is 6.03. The number of amides is 1. The second-order valence-electron chi connectivity index (χ2n) is 5.87. The van der Waals surface area contributed by atoms with Crippen LogP contribution in [0.3, 0.4) is 0 Å². The van der Waals surface area contributed by atoms with Gasteiger partial charge in [-0.25, -0.2) is 0 Å². The van der Waals surface area contributed by atoms with Crippen molar-refractivity contribution in [3.05, 3.63) is 0 Å². The van der Waals surface area contributed by atoms with Crippen LogP contribution in [0.2, 0.25) is 0 Å². The van der Waals surface area contributed by atoms with Crippen molar-refractivity contribution in [1.29, 1.82) is 0 Å². The lowest BCUT2D eigenvalue weighted by atomic mass is 9.87. The van der Waals surface area contributed by atoms with E-state index in [1.807, 2.05) is 20.8 Å². The van der Waals surface area contributed by atoms with E-state index in [-0.39, 0.29) is 11.3 Å². The Balaban J connectivity index is 3.94. The third-order valence-electron chi connectivity index (χ3n) is 3.32. The normalized spacial score (nSPS) is 15.8. The number of likely N-dealkylation sites (N-methyl/N-ethyl adjacent to an activating group) is 1. The molecule has 0 aromatic heterocycles. The highest BCUT2D eigenvalue weighted by molar-refractivity contribution is 5.82. The maximum absolute atomic E-state index is 11.8. The SMILES string of the molecule is CCC(C)N(C)CCNC(=O)[C@H](N)C(C)(C)C. The van der Waals surface area contributed by atoms with E-state index in [1.165, 1.54) is 0 Å². The van der Waals surface area contributed by atoms with Gasteiger partial charge in [0, 0.05) is 19.1 Å². The van der Waals surface area contributed by atoms with Crippen molar-refractivity contribution in [3.63, 3.8) is 0 Å². The van der Waals surface area contributed by atoms with Crippen molar-refractivity contribution < 1.29 is 4.79 Å². The standard InChI is InChI=1S/C13H29N3O/c1-7-10(2)16(6)9-8-15-12(17)11(14)13(3,4)5/h10-11H,7-9,14H2,1-6H3,(H,15,17)/t10?,11-/m0/s1. The highest BCUT2D eigenvalue weighted by Gasteiger charge is 2.27. The van der Waals surface area contributed by atoms with Gasteiger partial charge in [-0.1, -0.05) is 27.7 Å². The first-order chi connectivity index (χ1) is 7.70. The first-order valence-corrected chi connectivity index (χ1v) is 6.43. The Morgan fingerprint density at radius 1 is 1.41 bits per heavy atom. The molecule has 4 heteroatoms. The Labute approximate surface area is 106 Å². The molecule has 0 heterocycles. The Kier molecular flexibility index (Phi) is 6.72. The topological polar surface area (TPSA) is 58.4 Å². The lowest BCUT2D eigenvalue weighted by Crippen LogP contribution is -2.50. The molecular formula is C13H29N3O. The molecule has 0 bridgehead atoms. The van der Waals surface area contributed by atoms with Gasteiger partial charge in [0.05, 0.1) is 6.04 Å². The molecule has 4 nitrogen and oxygen atoms in total. The predicted molar refractivity (Wildman–Crippen MR) is 72.8 cm³/mol. The Hall–Kier alpha value is -0.610. The predicted octanol–water partition coefficient (Wildman–Crippen LogP) is 1.21. The Morgan fingerprint density at radius 2 is 1.94 bits per heavy atom. The van der Waals surface area contributed by atoms with Crippen LogP contribution in [0.4, 0.5) is 0 Å². The van der Waals surface area contributed by atoms with E-state index in [0.29, 0.717) is 12.6 Å². The Bertz CT molecular complexity index is 235. The van der Waals surface area contributed by atoms with Crippen molar-refractivity contribution in [2.75, 3.05) is 20.1 Å². The summed E-state index contributed by atoms with van der Waals surface area (Å²) in [6.07, 6.45) is 1.12. The summed E-state index contributed by atoms with van der Waals surface area (Å²) in [4.78, 5) is 14.0. The van der Waals surface area contributed by atoms with Crippen LogP contribution in [-0.2, 0) is 4.79 Å². The molecule has 0 saturated carbocycles. The van der Waals surface area contributed by atoms with Gasteiger partial charge in [0.25, 0.3) is 0 Å². The van der Waals surface area contributed by atoms with Crippen LogP contribution in [-0.4, -0.2) is 43.0 Å². The lowest BCUT2D eigenvalue weighted by Gasteiger charge is -2.27. The highest BCUT2D eigenvalue weighted by Crippen LogP contribution is 2.16. The molecular weight excluding hydrogens is 214 g/mol. The smallest absolute Gasteiger partial charge is 0.237 e. The van der Waals surface area contributed by atoms with Gasteiger partial charge in [0.2, 0.25) is 5.91 Å². The van der Waals surface area contributed by atoms with Crippen molar-refractivity contribution >= 4 is 5.91 Å². The molecule has 0 aliphatic rings. The zero-order chi connectivity index (χ0) is 13.6. The monoisotopic (exact) mass is 243 g/mol. The van der Waals surface area contributed by atoms with E-state index in [4.69, 9.17) is 5.73 Å². The number of carbonyl (C=O) groups excluding carboxylic acids is 1. The van der Waals surface area contributed by atoms with Crippen molar-refractivity contribution in [2.24, 2.45) is 11.1 Å². The molecule has 0 aromatic rings. The molecule has 17 heavy (non-hydrogen) atoms. The van der Waals surface area contributed by atoms with E-state index in [9.17, 15) is 4.79 Å². The van der Waals surface area contributed by atoms with Gasteiger partial charge in [-0.3, -0.25) is 4.79 Å². The summed E-state index contributed by atoms with van der Waals surface area (Å²) < 4.78 is 0. The average molecular weight is 243 g/mol. The number of nitrogens with two attached hydrogens (primary N) is 1. The molecule has 0 aromatic carbocycles. The number of nitrogens with zero attached hydrogens (tertiary/aromatic N) is 1. The largest absolute Gasteiger partial charge is 0.353 e. The van der Waals surface area contributed by atoms with Crippen LogP contribution in [0.5, 0.6) is 0 Å². The number of carbonyl (C=O) groups is 1. The first kappa shape index (κ1) is 16.4. The fraction of sp³-hybridized carbons (Fsp3) is 0.923. The van der Waals surface area contributed by atoms with Gasteiger partial charge in [-0.05, 0) is 25.8 Å². The summed E-state index contributed by atoms with van der Waals surface area (Å²) in [6.45, 7) is 11.8. The molecule has 0 aliphatic carbocycles. The van der Waals surface area contributed by atoms with Crippen molar-refractivity contribution in [2.45, 2.75) is 53.1 Å². The number of hydrogen-bond acceptors (Lipinski definition) is 3. The van der Waals surface area contributed by atoms with Gasteiger partial charge >= 0.3 is 0 Å². The molecule has 102 valence electrons.